The summed E-state index contributed by atoms with van der Waals surface area (Å²) in [6.07, 6.45) is 1.97. The van der Waals surface area contributed by atoms with Crippen LogP contribution in [0.25, 0.3) is 10.9 Å². The van der Waals surface area contributed by atoms with E-state index in [9.17, 15) is 29.9 Å². The summed E-state index contributed by atoms with van der Waals surface area (Å²) in [5.74, 6) is -1.39. The Morgan fingerprint density at radius 3 is 2.26 bits per heavy atom. The Hall–Kier alpha value is -3.43. The number of halogens is 1. The van der Waals surface area contributed by atoms with Crippen LogP contribution in [-0.2, 0) is 11.1 Å². The molecule has 184 valence electrons. The number of piperidine rings is 1. The Morgan fingerprint density at radius 2 is 1.74 bits per heavy atom. The molecule has 0 atom stereocenters. The van der Waals surface area contributed by atoms with E-state index >= 15 is 0 Å². The minimum absolute atomic E-state index is 0.0232. The number of nitro benzene ring substituents is 1. The third kappa shape index (κ3) is 4.49. The molecule has 0 saturated carbocycles. The van der Waals surface area contributed by atoms with Crippen molar-refractivity contribution < 1.29 is 19.9 Å². The zero-order chi connectivity index (χ0) is 25.7. The number of aromatic carboxylic acids is 1. The standard InChI is InChI=1S/C25H26ClN3O6/c1-24(2,3)28-14-18(23(31)32)22(30)17-12-21(29(34)35)20(13-19(17)28)27-10-8-25(33,9-11-27)15-4-6-16(26)7-5-15/h4-7,12-14,33H,8-11H2,1-3H3,(H,31,32). The highest BCUT2D eigenvalue weighted by Gasteiger charge is 2.36. The first-order chi connectivity index (χ1) is 16.3. The van der Waals surface area contributed by atoms with Gasteiger partial charge in [0.2, 0.25) is 5.43 Å². The molecule has 1 aliphatic rings. The van der Waals surface area contributed by atoms with E-state index in [1.54, 1.807) is 34.9 Å². The molecule has 35 heavy (non-hydrogen) atoms. The number of rotatable bonds is 4. The smallest absolute Gasteiger partial charge is 0.341 e. The third-order valence-electron chi connectivity index (χ3n) is 6.56. The molecule has 4 rings (SSSR count). The van der Waals surface area contributed by atoms with E-state index in [0.29, 0.717) is 42.2 Å². The van der Waals surface area contributed by atoms with Crippen molar-refractivity contribution in [1.82, 2.24) is 4.57 Å². The first-order valence-corrected chi connectivity index (χ1v) is 11.5. The minimum Gasteiger partial charge on any atom is -0.477 e. The molecule has 1 aliphatic heterocycles. The summed E-state index contributed by atoms with van der Waals surface area (Å²) in [5.41, 5.74) is -1.71. The molecule has 1 aromatic heterocycles. The molecular formula is C25H26ClN3O6. The first kappa shape index (κ1) is 24.7. The Balaban J connectivity index is 1.82. The van der Waals surface area contributed by atoms with Gasteiger partial charge in [0.25, 0.3) is 5.69 Å². The van der Waals surface area contributed by atoms with Crippen LogP contribution in [0.4, 0.5) is 11.4 Å². The highest BCUT2D eigenvalue weighted by Crippen LogP contribution is 2.39. The fourth-order valence-corrected chi connectivity index (χ4v) is 4.75. The maximum Gasteiger partial charge on any atom is 0.341 e. The average molecular weight is 500 g/mol. The summed E-state index contributed by atoms with van der Waals surface area (Å²) in [6.45, 7) is 6.27. The quantitative estimate of drug-likeness (QED) is 0.399. The number of hydrogen-bond acceptors (Lipinski definition) is 6. The molecule has 0 aliphatic carbocycles. The number of hydrogen-bond donors (Lipinski definition) is 2. The van der Waals surface area contributed by atoms with Crippen molar-refractivity contribution in [3.63, 3.8) is 0 Å². The van der Waals surface area contributed by atoms with Crippen molar-refractivity contribution in [2.24, 2.45) is 0 Å². The maximum absolute atomic E-state index is 12.9. The molecule has 0 unspecified atom stereocenters. The van der Waals surface area contributed by atoms with Crippen LogP contribution in [-0.4, -0.2) is 38.8 Å². The van der Waals surface area contributed by atoms with Gasteiger partial charge >= 0.3 is 5.97 Å². The third-order valence-corrected chi connectivity index (χ3v) is 6.81. The Labute approximate surface area is 206 Å². The summed E-state index contributed by atoms with van der Waals surface area (Å²) >= 11 is 5.97. The van der Waals surface area contributed by atoms with Gasteiger partial charge in [-0.05, 0) is 57.4 Å². The second kappa shape index (κ2) is 8.66. The van der Waals surface area contributed by atoms with Crippen molar-refractivity contribution in [1.29, 1.82) is 0 Å². The number of benzene rings is 2. The molecule has 2 heterocycles. The number of carboxylic acids is 1. The molecule has 3 aromatic rings. The van der Waals surface area contributed by atoms with Crippen molar-refractivity contribution in [2.45, 2.75) is 44.8 Å². The number of carboxylic acid groups (broad SMARTS) is 1. The normalized spacial score (nSPS) is 15.9. The van der Waals surface area contributed by atoms with Crippen LogP contribution in [0.5, 0.6) is 0 Å². The summed E-state index contributed by atoms with van der Waals surface area (Å²) in [4.78, 5) is 37.8. The van der Waals surface area contributed by atoms with E-state index in [-0.39, 0.29) is 11.1 Å². The highest BCUT2D eigenvalue weighted by molar-refractivity contribution is 6.30. The van der Waals surface area contributed by atoms with E-state index in [1.807, 2.05) is 25.7 Å². The van der Waals surface area contributed by atoms with Gasteiger partial charge in [-0.25, -0.2) is 4.79 Å². The molecule has 2 N–H and O–H groups in total. The van der Waals surface area contributed by atoms with Gasteiger partial charge in [0.15, 0.2) is 0 Å². The predicted octanol–water partition coefficient (Wildman–Crippen LogP) is 4.50. The number of anilines is 1. The van der Waals surface area contributed by atoms with Crippen LogP contribution in [0.2, 0.25) is 5.02 Å². The largest absolute Gasteiger partial charge is 0.477 e. The summed E-state index contributed by atoms with van der Waals surface area (Å²) in [7, 11) is 0. The number of aliphatic hydroxyl groups is 1. The molecule has 1 fully saturated rings. The van der Waals surface area contributed by atoms with Crippen LogP contribution >= 0.6 is 11.6 Å². The van der Waals surface area contributed by atoms with Gasteiger partial charge in [-0.3, -0.25) is 14.9 Å². The van der Waals surface area contributed by atoms with Crippen molar-refractivity contribution in [2.75, 3.05) is 18.0 Å². The van der Waals surface area contributed by atoms with Crippen LogP contribution in [0.1, 0.15) is 49.5 Å². The molecule has 2 aromatic carbocycles. The van der Waals surface area contributed by atoms with Gasteiger partial charge in [-0.1, -0.05) is 23.7 Å². The fourth-order valence-electron chi connectivity index (χ4n) is 4.62. The molecule has 9 nitrogen and oxygen atoms in total. The Morgan fingerprint density at radius 1 is 1.14 bits per heavy atom. The van der Waals surface area contributed by atoms with E-state index in [2.05, 4.69) is 0 Å². The lowest BCUT2D eigenvalue weighted by Gasteiger charge is -2.39. The van der Waals surface area contributed by atoms with E-state index < -0.39 is 33.0 Å². The molecular weight excluding hydrogens is 474 g/mol. The molecule has 1 saturated heterocycles. The number of carbonyl (C=O) groups is 1. The van der Waals surface area contributed by atoms with E-state index in [0.717, 1.165) is 5.56 Å². The van der Waals surface area contributed by atoms with Gasteiger partial charge in [0, 0.05) is 35.9 Å². The maximum atomic E-state index is 12.9. The SMILES string of the molecule is CC(C)(C)n1cc(C(=O)O)c(=O)c2cc([N+](=O)[O-])c(N3CCC(O)(c4ccc(Cl)cc4)CC3)cc21. The molecule has 10 heteroatoms. The van der Waals surface area contributed by atoms with Crippen LogP contribution in [0.3, 0.4) is 0 Å². The number of aromatic nitrogens is 1. The molecule has 0 amide bonds. The predicted molar refractivity (Wildman–Crippen MR) is 134 cm³/mol. The molecule has 0 radical (unpaired) electrons. The van der Waals surface area contributed by atoms with Crippen molar-refractivity contribution in [3.8, 4) is 0 Å². The van der Waals surface area contributed by atoms with Gasteiger partial charge in [-0.15, -0.1) is 0 Å². The van der Waals surface area contributed by atoms with Crippen LogP contribution < -0.4 is 10.3 Å². The number of nitrogens with zero attached hydrogens (tertiary/aromatic N) is 3. The zero-order valence-corrected chi connectivity index (χ0v) is 20.4. The monoisotopic (exact) mass is 499 g/mol. The number of pyridine rings is 1. The van der Waals surface area contributed by atoms with Crippen LogP contribution in [0.15, 0.2) is 47.4 Å². The number of fused-ring (bicyclic) bond motifs is 1. The van der Waals surface area contributed by atoms with Crippen LogP contribution in [0, 0.1) is 10.1 Å². The summed E-state index contributed by atoms with van der Waals surface area (Å²) < 4.78 is 1.66. The molecule has 0 bridgehead atoms. The summed E-state index contributed by atoms with van der Waals surface area (Å²) in [5, 5.41) is 33.3. The lowest BCUT2D eigenvalue weighted by molar-refractivity contribution is -0.384. The first-order valence-electron chi connectivity index (χ1n) is 11.2. The van der Waals surface area contributed by atoms with Crippen molar-refractivity contribution >= 4 is 39.8 Å². The Kier molecular flexibility index (Phi) is 6.11. The van der Waals surface area contributed by atoms with Gasteiger partial charge in [0.05, 0.1) is 21.4 Å². The number of nitro groups is 1. The lowest BCUT2D eigenvalue weighted by Crippen LogP contribution is -2.43. The summed E-state index contributed by atoms with van der Waals surface area (Å²) in [6, 6.07) is 9.73. The average Bonchev–Trinajstić information content (AvgIpc) is 2.78. The van der Waals surface area contributed by atoms with E-state index in [1.165, 1.54) is 12.3 Å². The molecule has 0 spiro atoms. The topological polar surface area (TPSA) is 126 Å². The lowest BCUT2D eigenvalue weighted by atomic mass is 9.84. The van der Waals surface area contributed by atoms with Crippen molar-refractivity contribution in [3.05, 3.63) is 79.1 Å². The van der Waals surface area contributed by atoms with Gasteiger partial charge in [0.1, 0.15) is 11.3 Å². The van der Waals surface area contributed by atoms with Gasteiger partial charge < -0.3 is 19.7 Å². The second-order valence-corrected chi connectivity index (χ2v) is 10.3. The zero-order valence-electron chi connectivity index (χ0n) is 19.6. The van der Waals surface area contributed by atoms with E-state index in [4.69, 9.17) is 11.6 Å². The Bertz CT molecular complexity index is 1380. The van der Waals surface area contributed by atoms with Gasteiger partial charge in [-0.2, -0.15) is 0 Å². The minimum atomic E-state index is -1.39. The highest BCUT2D eigenvalue weighted by atomic mass is 35.5. The fraction of sp³-hybridized carbons (Fsp3) is 0.360. The second-order valence-electron chi connectivity index (χ2n) is 9.86.